The maximum atomic E-state index is 13.5. The first-order chi connectivity index (χ1) is 8.09. The molecule has 0 aliphatic carbocycles. The van der Waals surface area contributed by atoms with Crippen LogP contribution in [0.3, 0.4) is 0 Å². The maximum Gasteiger partial charge on any atom is 0.337 e. The van der Waals surface area contributed by atoms with Crippen LogP contribution in [0.5, 0.6) is 0 Å². The zero-order valence-electron chi connectivity index (χ0n) is 8.52. The van der Waals surface area contributed by atoms with Gasteiger partial charge in [-0.05, 0) is 18.2 Å². The molecule has 0 aliphatic rings. The van der Waals surface area contributed by atoms with E-state index in [2.05, 4.69) is 4.98 Å². The minimum Gasteiger partial charge on any atom is -0.478 e. The number of nitrogens with zero attached hydrogens (tertiary/aromatic N) is 1. The molecule has 0 amide bonds. The minimum atomic E-state index is -1.13. The van der Waals surface area contributed by atoms with Gasteiger partial charge >= 0.3 is 5.97 Å². The number of pyridine rings is 1. The molecule has 1 heterocycles. The third-order valence-corrected chi connectivity index (χ3v) is 2.51. The molecule has 0 aliphatic heterocycles. The molecule has 3 nitrogen and oxygen atoms in total. The number of aromatic carboxylic acids is 1. The summed E-state index contributed by atoms with van der Waals surface area (Å²) < 4.78 is 13.5. The molecule has 0 saturated carbocycles. The van der Waals surface area contributed by atoms with Crippen LogP contribution in [0.25, 0.3) is 11.3 Å². The number of aromatic nitrogens is 1. The number of benzene rings is 1. The first-order valence-corrected chi connectivity index (χ1v) is 5.11. The van der Waals surface area contributed by atoms with Crippen molar-refractivity contribution < 1.29 is 14.3 Å². The average molecular weight is 252 g/mol. The Balaban J connectivity index is 2.55. The van der Waals surface area contributed by atoms with Crippen LogP contribution < -0.4 is 0 Å². The fraction of sp³-hybridized carbons (Fsp3) is 0. The SMILES string of the molecule is O=C(O)c1cnc(-c2ccccc2F)c(Cl)c1. The summed E-state index contributed by atoms with van der Waals surface area (Å²) in [5.74, 6) is -1.58. The number of halogens is 2. The summed E-state index contributed by atoms with van der Waals surface area (Å²) in [4.78, 5) is 14.6. The van der Waals surface area contributed by atoms with Crippen LogP contribution in [0.1, 0.15) is 10.4 Å². The minimum absolute atomic E-state index is 0.0323. The number of carboxylic acids is 1. The predicted molar refractivity (Wildman–Crippen MR) is 61.6 cm³/mol. The van der Waals surface area contributed by atoms with Gasteiger partial charge in [0.2, 0.25) is 0 Å². The lowest BCUT2D eigenvalue weighted by Gasteiger charge is -2.05. The Bertz CT molecular complexity index is 586. The number of carbonyl (C=O) groups is 1. The van der Waals surface area contributed by atoms with Crippen molar-refractivity contribution in [3.63, 3.8) is 0 Å². The molecule has 0 atom stereocenters. The van der Waals surface area contributed by atoms with Crippen molar-refractivity contribution in [2.75, 3.05) is 0 Å². The van der Waals surface area contributed by atoms with E-state index < -0.39 is 11.8 Å². The van der Waals surface area contributed by atoms with Crippen LogP contribution in [0.4, 0.5) is 4.39 Å². The number of hydrogen-bond acceptors (Lipinski definition) is 2. The lowest BCUT2D eigenvalue weighted by molar-refractivity contribution is 0.0696. The van der Waals surface area contributed by atoms with Crippen LogP contribution in [-0.2, 0) is 0 Å². The molecule has 2 rings (SSSR count). The molecular weight excluding hydrogens is 245 g/mol. The molecule has 17 heavy (non-hydrogen) atoms. The Kier molecular flexibility index (Phi) is 3.06. The van der Waals surface area contributed by atoms with Crippen molar-refractivity contribution in [2.45, 2.75) is 0 Å². The first kappa shape index (κ1) is 11.5. The number of carboxylic acid groups (broad SMARTS) is 1. The van der Waals surface area contributed by atoms with Crippen molar-refractivity contribution in [3.05, 3.63) is 52.9 Å². The molecule has 2 aromatic rings. The fourth-order valence-electron chi connectivity index (χ4n) is 1.41. The van der Waals surface area contributed by atoms with Gasteiger partial charge in [-0.1, -0.05) is 23.7 Å². The van der Waals surface area contributed by atoms with Crippen molar-refractivity contribution in [2.24, 2.45) is 0 Å². The van der Waals surface area contributed by atoms with Gasteiger partial charge in [-0.15, -0.1) is 0 Å². The maximum absolute atomic E-state index is 13.5. The Hall–Kier alpha value is -1.94. The number of rotatable bonds is 2. The normalized spacial score (nSPS) is 10.2. The van der Waals surface area contributed by atoms with Crippen molar-refractivity contribution in [1.82, 2.24) is 4.98 Å². The summed E-state index contributed by atoms with van der Waals surface area (Å²) in [6, 6.07) is 7.28. The molecule has 0 unspecified atom stereocenters. The molecule has 1 N–H and O–H groups in total. The van der Waals surface area contributed by atoms with E-state index >= 15 is 0 Å². The van der Waals surface area contributed by atoms with E-state index in [9.17, 15) is 9.18 Å². The smallest absolute Gasteiger partial charge is 0.337 e. The monoisotopic (exact) mass is 251 g/mol. The third kappa shape index (κ3) is 2.26. The van der Waals surface area contributed by atoms with Crippen molar-refractivity contribution >= 4 is 17.6 Å². The van der Waals surface area contributed by atoms with Gasteiger partial charge in [0.05, 0.1) is 16.3 Å². The number of hydrogen-bond donors (Lipinski definition) is 1. The van der Waals surface area contributed by atoms with Crippen LogP contribution in [-0.4, -0.2) is 16.1 Å². The largest absolute Gasteiger partial charge is 0.478 e. The molecule has 5 heteroatoms. The van der Waals surface area contributed by atoms with Crippen LogP contribution in [0, 0.1) is 5.82 Å². The Morgan fingerprint density at radius 1 is 1.35 bits per heavy atom. The van der Waals surface area contributed by atoms with E-state index in [1.807, 2.05) is 0 Å². The van der Waals surface area contributed by atoms with Crippen LogP contribution >= 0.6 is 11.6 Å². The van der Waals surface area contributed by atoms with Crippen molar-refractivity contribution in [1.29, 1.82) is 0 Å². The van der Waals surface area contributed by atoms with Gasteiger partial charge in [0.25, 0.3) is 0 Å². The van der Waals surface area contributed by atoms with Crippen LogP contribution in [0.15, 0.2) is 36.5 Å². The average Bonchev–Trinajstić information content (AvgIpc) is 2.30. The van der Waals surface area contributed by atoms with Gasteiger partial charge in [0, 0.05) is 11.8 Å². The van der Waals surface area contributed by atoms with Gasteiger partial charge in [-0.25, -0.2) is 9.18 Å². The van der Waals surface area contributed by atoms with Gasteiger partial charge in [0.15, 0.2) is 0 Å². The zero-order chi connectivity index (χ0) is 12.4. The topological polar surface area (TPSA) is 50.2 Å². The highest BCUT2D eigenvalue weighted by Gasteiger charge is 2.12. The standard InChI is InChI=1S/C12H7ClFNO2/c13-9-5-7(12(16)17)6-15-11(9)8-3-1-2-4-10(8)14/h1-6H,(H,16,17). The molecule has 0 fully saturated rings. The highest BCUT2D eigenvalue weighted by molar-refractivity contribution is 6.33. The van der Waals surface area contributed by atoms with Gasteiger partial charge in [0.1, 0.15) is 5.82 Å². The highest BCUT2D eigenvalue weighted by Crippen LogP contribution is 2.28. The van der Waals surface area contributed by atoms with E-state index in [1.54, 1.807) is 12.1 Å². The van der Waals surface area contributed by atoms with E-state index in [0.29, 0.717) is 0 Å². The molecule has 1 aromatic heterocycles. The molecule has 0 spiro atoms. The second-order valence-electron chi connectivity index (χ2n) is 3.34. The summed E-state index contributed by atoms with van der Waals surface area (Å²) in [5, 5.41) is 8.86. The zero-order valence-corrected chi connectivity index (χ0v) is 9.28. The predicted octanol–water partition coefficient (Wildman–Crippen LogP) is 3.24. The lowest BCUT2D eigenvalue weighted by Crippen LogP contribution is -1.98. The Morgan fingerprint density at radius 3 is 2.65 bits per heavy atom. The highest BCUT2D eigenvalue weighted by atomic mass is 35.5. The van der Waals surface area contributed by atoms with E-state index in [4.69, 9.17) is 16.7 Å². The molecule has 1 aromatic carbocycles. The van der Waals surface area contributed by atoms with E-state index in [0.717, 1.165) is 6.20 Å². The lowest BCUT2D eigenvalue weighted by atomic mass is 10.1. The first-order valence-electron chi connectivity index (χ1n) is 4.73. The van der Waals surface area contributed by atoms with E-state index in [1.165, 1.54) is 18.2 Å². The third-order valence-electron chi connectivity index (χ3n) is 2.22. The molecule has 0 saturated heterocycles. The summed E-state index contributed by atoms with van der Waals surface area (Å²) >= 11 is 5.89. The Morgan fingerprint density at radius 2 is 2.06 bits per heavy atom. The molecule has 0 radical (unpaired) electrons. The Labute approximate surface area is 101 Å². The molecule has 86 valence electrons. The second-order valence-corrected chi connectivity index (χ2v) is 3.75. The fourth-order valence-corrected chi connectivity index (χ4v) is 1.67. The molecular formula is C12H7ClFNO2. The van der Waals surface area contributed by atoms with Crippen molar-refractivity contribution in [3.8, 4) is 11.3 Å². The quantitative estimate of drug-likeness (QED) is 0.891. The summed E-state index contributed by atoms with van der Waals surface area (Å²) in [7, 11) is 0. The van der Waals surface area contributed by atoms with Gasteiger partial charge in [-0.3, -0.25) is 4.98 Å². The molecule has 0 bridgehead atoms. The van der Waals surface area contributed by atoms with Gasteiger partial charge < -0.3 is 5.11 Å². The van der Waals surface area contributed by atoms with Crippen LogP contribution in [0.2, 0.25) is 5.02 Å². The summed E-state index contributed by atoms with van der Waals surface area (Å²) in [6.07, 6.45) is 1.15. The van der Waals surface area contributed by atoms with E-state index in [-0.39, 0.29) is 21.8 Å². The van der Waals surface area contributed by atoms with Gasteiger partial charge in [-0.2, -0.15) is 0 Å². The summed E-state index contributed by atoms with van der Waals surface area (Å²) in [5.41, 5.74) is 0.444. The second kappa shape index (κ2) is 4.51. The summed E-state index contributed by atoms with van der Waals surface area (Å²) in [6.45, 7) is 0.